The minimum Gasteiger partial charge on any atom is -0.320 e. The van der Waals surface area contributed by atoms with Crippen molar-refractivity contribution >= 4 is 26.8 Å². The molecule has 4 heteroatoms. The maximum absolute atomic E-state index is 2.85. The number of nitrogens with zero attached hydrogens (tertiary/aromatic N) is 2. The first-order valence-corrected chi connectivity index (χ1v) is 19.4. The van der Waals surface area contributed by atoms with Gasteiger partial charge in [0, 0.05) is 0 Å². The van der Waals surface area contributed by atoms with E-state index in [0.29, 0.717) is 0 Å². The van der Waals surface area contributed by atoms with E-state index in [2.05, 4.69) is 96.0 Å². The van der Waals surface area contributed by atoms with Gasteiger partial charge in [0.15, 0.2) is 16.5 Å². The molecule has 180 valence electrons. The van der Waals surface area contributed by atoms with E-state index in [1.54, 1.807) is 10.4 Å². The first-order chi connectivity index (χ1) is 15.9. The van der Waals surface area contributed by atoms with Crippen LogP contribution in [0.5, 0.6) is 0 Å². The molecule has 2 aliphatic rings. The van der Waals surface area contributed by atoms with Crippen LogP contribution in [0.15, 0.2) is 60.7 Å². The van der Waals surface area contributed by atoms with Crippen molar-refractivity contribution < 1.29 is 0 Å². The van der Waals surface area contributed by atoms with Crippen molar-refractivity contribution in [3.05, 3.63) is 60.7 Å². The zero-order chi connectivity index (χ0) is 23.3. The molecule has 2 saturated heterocycles. The van der Waals surface area contributed by atoms with Gasteiger partial charge in [-0.15, -0.1) is 0 Å². The van der Waals surface area contributed by atoms with Crippen molar-refractivity contribution in [2.45, 2.75) is 71.1 Å². The van der Waals surface area contributed by atoms with E-state index in [-0.39, 0.29) is 0 Å². The third kappa shape index (κ3) is 6.08. The fourth-order valence-corrected chi connectivity index (χ4v) is 11.8. The predicted octanol–water partition coefficient (Wildman–Crippen LogP) is 5.81. The molecule has 2 aromatic carbocycles. The summed E-state index contributed by atoms with van der Waals surface area (Å²) in [7, 11) is -2.96. The molecule has 0 unspecified atom stereocenters. The van der Waals surface area contributed by atoms with Crippen molar-refractivity contribution in [2.24, 2.45) is 11.8 Å². The van der Waals surface area contributed by atoms with Crippen LogP contribution in [-0.4, -0.2) is 51.8 Å². The number of benzene rings is 2. The Bertz CT molecular complexity index is 765. The van der Waals surface area contributed by atoms with Gasteiger partial charge in [0.05, 0.1) is 0 Å². The molecule has 0 radical (unpaired) electrons. The van der Waals surface area contributed by atoms with Gasteiger partial charge in [0.1, 0.15) is 0 Å². The van der Waals surface area contributed by atoms with Crippen LogP contribution >= 0.6 is 0 Å². The van der Waals surface area contributed by atoms with Gasteiger partial charge in [0.25, 0.3) is 0 Å². The summed E-state index contributed by atoms with van der Waals surface area (Å²) in [4.78, 5) is 0. The molecule has 0 aromatic heterocycles. The van der Waals surface area contributed by atoms with Gasteiger partial charge in [0.2, 0.25) is 0 Å². The average Bonchev–Trinajstić information content (AvgIpc) is 2.86. The lowest BCUT2D eigenvalue weighted by molar-refractivity contribution is 0.231. The Morgan fingerprint density at radius 1 is 0.576 bits per heavy atom. The van der Waals surface area contributed by atoms with E-state index >= 15 is 0 Å². The highest BCUT2D eigenvalue weighted by Crippen LogP contribution is 2.30. The van der Waals surface area contributed by atoms with E-state index < -0.39 is 16.5 Å². The summed E-state index contributed by atoms with van der Waals surface area (Å²) in [6.45, 7) is 15.4. The van der Waals surface area contributed by atoms with Gasteiger partial charge in [-0.3, -0.25) is 0 Å². The van der Waals surface area contributed by atoms with Crippen molar-refractivity contribution in [1.29, 1.82) is 0 Å². The summed E-state index contributed by atoms with van der Waals surface area (Å²) in [6.07, 6.45) is 10.0. The van der Waals surface area contributed by atoms with E-state index in [1.807, 2.05) is 0 Å². The molecule has 0 atom stereocenters. The lowest BCUT2D eigenvalue weighted by Crippen LogP contribution is -2.60. The number of piperidine rings is 2. The third-order valence-corrected chi connectivity index (χ3v) is 16.5. The summed E-state index contributed by atoms with van der Waals surface area (Å²) in [6, 6.07) is 22.6. The largest absolute Gasteiger partial charge is 0.320 e. The molecule has 2 nitrogen and oxygen atoms in total. The smallest absolute Gasteiger partial charge is 0.154 e. The van der Waals surface area contributed by atoms with Crippen LogP contribution in [0, 0.1) is 11.8 Å². The monoisotopic (exact) mass is 478 g/mol. The molecular formula is C29H46N2Si2. The third-order valence-electron chi connectivity index (χ3n) is 9.00. The molecule has 0 saturated carbocycles. The van der Waals surface area contributed by atoms with Crippen molar-refractivity contribution in [1.82, 2.24) is 9.13 Å². The summed E-state index contributed by atoms with van der Waals surface area (Å²) >= 11 is 0. The Labute approximate surface area is 205 Å². The van der Waals surface area contributed by atoms with Crippen molar-refractivity contribution in [3.8, 4) is 0 Å². The average molecular weight is 479 g/mol. The summed E-state index contributed by atoms with van der Waals surface area (Å²) in [5, 5.41) is 3.18. The van der Waals surface area contributed by atoms with Crippen LogP contribution < -0.4 is 10.4 Å². The zero-order valence-electron chi connectivity index (χ0n) is 21.6. The van der Waals surface area contributed by atoms with Crippen LogP contribution in [0.4, 0.5) is 0 Å². The SMILES string of the molecule is C[Si](C)(c1ccccc1)N1CCC(CCCC2CCN([Si](C)(C)c3ccccc3)CC2)CC1. The van der Waals surface area contributed by atoms with Gasteiger partial charge >= 0.3 is 0 Å². The van der Waals surface area contributed by atoms with Crippen LogP contribution in [0.25, 0.3) is 0 Å². The highest BCUT2D eigenvalue weighted by Gasteiger charge is 2.35. The van der Waals surface area contributed by atoms with Crippen LogP contribution in [0.3, 0.4) is 0 Å². The molecule has 0 bridgehead atoms. The highest BCUT2D eigenvalue weighted by atomic mass is 28.3. The Kier molecular flexibility index (Phi) is 8.32. The topological polar surface area (TPSA) is 6.48 Å². The van der Waals surface area contributed by atoms with Gasteiger partial charge in [-0.05, 0) is 74.1 Å². The quantitative estimate of drug-likeness (QED) is 0.442. The standard InChI is InChI=1S/C29H46N2Si2/c1-32(2,28-14-7-5-8-15-28)30-22-18-26(19-23-30)12-11-13-27-20-24-31(25-21-27)33(3,4)29-16-9-6-10-17-29/h5-10,14-17,26-27H,11-13,18-25H2,1-4H3. The van der Waals surface area contributed by atoms with E-state index in [4.69, 9.17) is 0 Å². The molecule has 0 spiro atoms. The maximum atomic E-state index is 2.85. The van der Waals surface area contributed by atoms with E-state index in [9.17, 15) is 0 Å². The summed E-state index contributed by atoms with van der Waals surface area (Å²) in [5.41, 5.74) is 0. The second-order valence-electron chi connectivity index (χ2n) is 11.6. The Morgan fingerprint density at radius 2 is 0.909 bits per heavy atom. The second-order valence-corrected chi connectivity index (χ2v) is 20.3. The molecule has 2 heterocycles. The minimum absolute atomic E-state index is 0.964. The Hall–Kier alpha value is -1.21. The molecule has 4 rings (SSSR count). The summed E-state index contributed by atoms with van der Waals surface area (Å²) < 4.78 is 5.71. The number of rotatable bonds is 8. The fourth-order valence-electron chi connectivity index (χ4n) is 6.31. The molecule has 0 aliphatic carbocycles. The van der Waals surface area contributed by atoms with Gasteiger partial charge in [-0.1, -0.05) is 106 Å². The molecule has 0 amide bonds. The normalized spacial score (nSPS) is 20.2. The van der Waals surface area contributed by atoms with Crippen LogP contribution in [-0.2, 0) is 0 Å². The second kappa shape index (κ2) is 11.0. The molecule has 2 aromatic rings. The van der Waals surface area contributed by atoms with Crippen molar-refractivity contribution in [3.63, 3.8) is 0 Å². The van der Waals surface area contributed by atoms with Gasteiger partial charge < -0.3 is 9.13 Å². The molecule has 0 N–H and O–H groups in total. The van der Waals surface area contributed by atoms with Crippen molar-refractivity contribution in [2.75, 3.05) is 26.2 Å². The Balaban J connectivity index is 1.16. The van der Waals surface area contributed by atoms with Gasteiger partial charge in [-0.2, -0.15) is 0 Å². The molecule has 2 fully saturated rings. The number of hydrogen-bond acceptors (Lipinski definition) is 2. The maximum Gasteiger partial charge on any atom is 0.154 e. The molecular weight excluding hydrogens is 433 g/mol. The first-order valence-electron chi connectivity index (χ1n) is 13.5. The minimum atomic E-state index is -1.48. The molecule has 33 heavy (non-hydrogen) atoms. The van der Waals surface area contributed by atoms with Gasteiger partial charge in [-0.25, -0.2) is 0 Å². The predicted molar refractivity (Wildman–Crippen MR) is 150 cm³/mol. The lowest BCUT2D eigenvalue weighted by Gasteiger charge is -2.43. The van der Waals surface area contributed by atoms with E-state index in [1.165, 1.54) is 71.1 Å². The number of hydrogen-bond donors (Lipinski definition) is 0. The fraction of sp³-hybridized carbons (Fsp3) is 0.586. The summed E-state index contributed by atoms with van der Waals surface area (Å²) in [5.74, 6) is 1.93. The molecule has 2 aliphatic heterocycles. The highest BCUT2D eigenvalue weighted by molar-refractivity contribution is 6.87. The lowest BCUT2D eigenvalue weighted by atomic mass is 9.87. The van der Waals surface area contributed by atoms with Crippen LogP contribution in [0.2, 0.25) is 26.2 Å². The zero-order valence-corrected chi connectivity index (χ0v) is 23.6. The van der Waals surface area contributed by atoms with Crippen LogP contribution in [0.1, 0.15) is 44.9 Å². The first kappa shape index (κ1) is 24.9. The Morgan fingerprint density at radius 3 is 1.24 bits per heavy atom. The van der Waals surface area contributed by atoms with E-state index in [0.717, 1.165) is 11.8 Å².